The zero-order valence-corrected chi connectivity index (χ0v) is 17.1. The average molecular weight is 427 g/mol. The van der Waals surface area contributed by atoms with Crippen LogP contribution in [0.3, 0.4) is 0 Å². The highest BCUT2D eigenvalue weighted by Crippen LogP contribution is 2.22. The van der Waals surface area contributed by atoms with Crippen molar-refractivity contribution in [3.8, 4) is 0 Å². The van der Waals surface area contributed by atoms with Crippen LogP contribution in [0.5, 0.6) is 0 Å². The van der Waals surface area contributed by atoms with Crippen molar-refractivity contribution in [3.05, 3.63) is 34.4 Å². The Hall–Kier alpha value is -2.73. The summed E-state index contributed by atoms with van der Waals surface area (Å²) in [6.45, 7) is 4.07. The summed E-state index contributed by atoms with van der Waals surface area (Å²) in [7, 11) is -3.93. The van der Waals surface area contributed by atoms with Crippen LogP contribution in [0.4, 0.5) is 10.5 Å². The lowest BCUT2D eigenvalue weighted by Gasteiger charge is -2.36. The van der Waals surface area contributed by atoms with Gasteiger partial charge in [0.15, 0.2) is 0 Å². The molecule has 0 bridgehead atoms. The second-order valence-corrected chi connectivity index (χ2v) is 8.79. The van der Waals surface area contributed by atoms with Crippen molar-refractivity contribution in [1.29, 1.82) is 0 Å². The fourth-order valence-electron chi connectivity index (χ4n) is 3.09. The van der Waals surface area contributed by atoms with E-state index < -0.39 is 27.0 Å². The number of amides is 3. The Kier molecular flexibility index (Phi) is 7.14. The largest absolute Gasteiger partial charge is 0.352 e. The Morgan fingerprint density at radius 1 is 1.28 bits per heavy atom. The number of sulfonamides is 1. The van der Waals surface area contributed by atoms with E-state index in [2.05, 4.69) is 5.32 Å². The standard InChI is InChI=1S/C17H25N5O6S/c1-3-12(2)15(19-17(18)24)16(23)20-7-9-21(10-8-20)29(27,28)14-6-4-5-13(11-14)22(25)26/h4-6,11-12,15H,3,7-10H2,1-2H3,(H3,18,19,24). The number of nitro benzene ring substituents is 1. The van der Waals surface area contributed by atoms with E-state index in [-0.39, 0.29) is 48.6 Å². The Morgan fingerprint density at radius 2 is 1.90 bits per heavy atom. The van der Waals surface area contributed by atoms with Crippen LogP contribution in [0.25, 0.3) is 0 Å². The van der Waals surface area contributed by atoms with Crippen molar-refractivity contribution in [2.24, 2.45) is 11.7 Å². The number of benzene rings is 1. The number of rotatable bonds is 7. The third kappa shape index (κ3) is 5.21. The maximum absolute atomic E-state index is 12.8. The highest BCUT2D eigenvalue weighted by molar-refractivity contribution is 7.89. The molecule has 1 fully saturated rings. The fourth-order valence-corrected chi connectivity index (χ4v) is 4.55. The lowest BCUT2D eigenvalue weighted by molar-refractivity contribution is -0.385. The third-order valence-electron chi connectivity index (χ3n) is 4.99. The summed E-state index contributed by atoms with van der Waals surface area (Å²) < 4.78 is 26.8. The third-order valence-corrected chi connectivity index (χ3v) is 6.89. The number of nitrogens with two attached hydrogens (primary N) is 1. The van der Waals surface area contributed by atoms with Gasteiger partial charge in [-0.25, -0.2) is 13.2 Å². The van der Waals surface area contributed by atoms with E-state index in [1.807, 2.05) is 13.8 Å². The second-order valence-electron chi connectivity index (χ2n) is 6.86. The molecule has 1 aliphatic rings. The number of urea groups is 1. The molecule has 3 amide bonds. The zero-order valence-electron chi connectivity index (χ0n) is 16.3. The van der Waals surface area contributed by atoms with Crippen molar-refractivity contribution in [1.82, 2.24) is 14.5 Å². The molecule has 2 rings (SSSR count). The van der Waals surface area contributed by atoms with Crippen molar-refractivity contribution in [2.75, 3.05) is 26.2 Å². The predicted octanol–water partition coefficient (Wildman–Crippen LogP) is 0.511. The first kappa shape index (κ1) is 22.6. The van der Waals surface area contributed by atoms with Crippen LogP contribution in [-0.2, 0) is 14.8 Å². The first-order chi connectivity index (χ1) is 13.6. The second kappa shape index (κ2) is 9.18. The molecule has 0 aliphatic carbocycles. The van der Waals surface area contributed by atoms with E-state index in [9.17, 15) is 28.1 Å². The Labute approximate surface area is 169 Å². The molecule has 1 saturated heterocycles. The van der Waals surface area contributed by atoms with Crippen molar-refractivity contribution >= 4 is 27.6 Å². The summed E-state index contributed by atoms with van der Waals surface area (Å²) in [5.74, 6) is -0.452. The topological polar surface area (TPSA) is 156 Å². The number of non-ortho nitro benzene ring substituents is 1. The van der Waals surface area contributed by atoms with Crippen molar-refractivity contribution in [3.63, 3.8) is 0 Å². The molecule has 29 heavy (non-hydrogen) atoms. The molecule has 0 radical (unpaired) electrons. The lowest BCUT2D eigenvalue weighted by Crippen LogP contribution is -2.57. The van der Waals surface area contributed by atoms with E-state index in [4.69, 9.17) is 5.73 Å². The van der Waals surface area contributed by atoms with Gasteiger partial charge in [-0.1, -0.05) is 26.3 Å². The number of hydrogen-bond acceptors (Lipinski definition) is 6. The molecule has 0 saturated carbocycles. The lowest BCUT2D eigenvalue weighted by atomic mass is 9.97. The van der Waals surface area contributed by atoms with E-state index in [1.54, 1.807) is 0 Å². The molecule has 1 heterocycles. The maximum Gasteiger partial charge on any atom is 0.312 e. The summed E-state index contributed by atoms with van der Waals surface area (Å²) in [4.78, 5) is 35.6. The van der Waals surface area contributed by atoms with Gasteiger partial charge in [0, 0.05) is 38.3 Å². The highest BCUT2D eigenvalue weighted by atomic mass is 32.2. The van der Waals surface area contributed by atoms with Crippen LogP contribution in [-0.4, -0.2) is 66.7 Å². The normalized spacial score (nSPS) is 17.4. The predicted molar refractivity (Wildman–Crippen MR) is 104 cm³/mol. The molecule has 160 valence electrons. The first-order valence-electron chi connectivity index (χ1n) is 9.17. The van der Waals surface area contributed by atoms with Crippen LogP contribution in [0.15, 0.2) is 29.2 Å². The first-order valence-corrected chi connectivity index (χ1v) is 10.6. The molecule has 2 atom stereocenters. The van der Waals surface area contributed by atoms with Crippen molar-refractivity contribution < 1.29 is 22.9 Å². The number of piperazine rings is 1. The molecule has 0 spiro atoms. The van der Waals surface area contributed by atoms with Crippen LogP contribution in [0, 0.1) is 16.0 Å². The minimum absolute atomic E-state index is 0.0422. The number of carbonyl (C=O) groups is 2. The fraction of sp³-hybridized carbons (Fsp3) is 0.529. The quantitative estimate of drug-likeness (QED) is 0.477. The molecule has 1 aliphatic heterocycles. The molecular formula is C17H25N5O6S. The SMILES string of the molecule is CCC(C)C(NC(N)=O)C(=O)N1CCN(S(=O)(=O)c2cccc([N+](=O)[O-])c2)CC1. The minimum atomic E-state index is -3.93. The van der Waals surface area contributed by atoms with E-state index in [0.29, 0.717) is 6.42 Å². The van der Waals surface area contributed by atoms with Gasteiger partial charge in [-0.05, 0) is 12.0 Å². The molecular weight excluding hydrogens is 402 g/mol. The van der Waals surface area contributed by atoms with Gasteiger partial charge < -0.3 is 16.0 Å². The molecule has 1 aromatic carbocycles. The molecule has 0 aromatic heterocycles. The average Bonchev–Trinajstić information content (AvgIpc) is 2.71. The summed E-state index contributed by atoms with van der Waals surface area (Å²) in [6.07, 6.45) is 0.651. The number of carbonyl (C=O) groups excluding carboxylic acids is 2. The maximum atomic E-state index is 12.8. The van der Waals surface area contributed by atoms with Gasteiger partial charge in [0.1, 0.15) is 6.04 Å². The summed E-state index contributed by atoms with van der Waals surface area (Å²) in [5, 5.41) is 13.4. The Morgan fingerprint density at radius 3 is 2.41 bits per heavy atom. The molecule has 12 heteroatoms. The molecule has 11 nitrogen and oxygen atoms in total. The number of primary amides is 1. The summed E-state index contributed by atoms with van der Waals surface area (Å²) in [5.41, 5.74) is 4.86. The van der Waals surface area contributed by atoms with Crippen LogP contribution in [0.1, 0.15) is 20.3 Å². The van der Waals surface area contributed by atoms with Gasteiger partial charge in [0.05, 0.1) is 9.82 Å². The summed E-state index contributed by atoms with van der Waals surface area (Å²) >= 11 is 0. The van der Waals surface area contributed by atoms with E-state index in [0.717, 1.165) is 6.07 Å². The van der Waals surface area contributed by atoms with Gasteiger partial charge in [-0.2, -0.15) is 4.31 Å². The number of hydrogen-bond donors (Lipinski definition) is 2. The smallest absolute Gasteiger partial charge is 0.312 e. The van der Waals surface area contributed by atoms with Gasteiger partial charge in [0.2, 0.25) is 15.9 Å². The van der Waals surface area contributed by atoms with Gasteiger partial charge >= 0.3 is 6.03 Å². The van der Waals surface area contributed by atoms with Gasteiger partial charge in [-0.15, -0.1) is 0 Å². The summed E-state index contributed by atoms with van der Waals surface area (Å²) in [6, 6.07) is 3.28. The van der Waals surface area contributed by atoms with Crippen LogP contribution >= 0.6 is 0 Å². The molecule has 3 N–H and O–H groups in total. The zero-order chi connectivity index (χ0) is 21.8. The van der Waals surface area contributed by atoms with Crippen molar-refractivity contribution in [2.45, 2.75) is 31.2 Å². The van der Waals surface area contributed by atoms with Gasteiger partial charge in [0.25, 0.3) is 5.69 Å². The highest BCUT2D eigenvalue weighted by Gasteiger charge is 2.34. The Bertz CT molecular complexity index is 882. The van der Waals surface area contributed by atoms with Crippen LogP contribution < -0.4 is 11.1 Å². The monoisotopic (exact) mass is 427 g/mol. The number of nitrogens with one attached hydrogen (secondary N) is 1. The van der Waals surface area contributed by atoms with E-state index >= 15 is 0 Å². The van der Waals surface area contributed by atoms with Crippen LogP contribution in [0.2, 0.25) is 0 Å². The van der Waals surface area contributed by atoms with Gasteiger partial charge in [-0.3, -0.25) is 14.9 Å². The van der Waals surface area contributed by atoms with E-state index in [1.165, 1.54) is 27.4 Å². The molecule has 1 aromatic rings. The Balaban J connectivity index is 2.11. The number of nitro groups is 1. The molecule has 2 unspecified atom stereocenters. The number of nitrogens with zero attached hydrogens (tertiary/aromatic N) is 3. The minimum Gasteiger partial charge on any atom is -0.352 e.